The fourth-order valence-corrected chi connectivity index (χ4v) is 2.43. The third-order valence-corrected chi connectivity index (χ3v) is 3.43. The van der Waals surface area contributed by atoms with Crippen LogP contribution >= 0.6 is 0 Å². The minimum absolute atomic E-state index is 0.0563. The minimum Gasteiger partial charge on any atom is -0.491 e. The van der Waals surface area contributed by atoms with Crippen molar-refractivity contribution in [1.29, 1.82) is 0 Å². The van der Waals surface area contributed by atoms with Gasteiger partial charge in [0.15, 0.2) is 0 Å². The maximum Gasteiger partial charge on any atom is 0.387 e. The van der Waals surface area contributed by atoms with E-state index in [9.17, 15) is 8.78 Å². The molecule has 1 aliphatic rings. The van der Waals surface area contributed by atoms with Crippen molar-refractivity contribution in [1.82, 2.24) is 5.32 Å². The Balaban J connectivity index is 1.69. The van der Waals surface area contributed by atoms with Crippen LogP contribution < -0.4 is 14.8 Å². The number of rotatable bonds is 5. The predicted molar refractivity (Wildman–Crippen MR) is 74.6 cm³/mol. The van der Waals surface area contributed by atoms with E-state index in [4.69, 9.17) is 4.74 Å². The van der Waals surface area contributed by atoms with Crippen LogP contribution in [0.4, 0.5) is 8.78 Å². The Labute approximate surface area is 121 Å². The van der Waals surface area contributed by atoms with E-state index in [0.29, 0.717) is 18.7 Å². The average molecular weight is 291 g/mol. The van der Waals surface area contributed by atoms with E-state index in [1.54, 1.807) is 24.3 Å². The quantitative estimate of drug-likeness (QED) is 0.914. The van der Waals surface area contributed by atoms with Crippen LogP contribution in [-0.2, 0) is 6.54 Å². The van der Waals surface area contributed by atoms with Crippen LogP contribution in [0.15, 0.2) is 48.5 Å². The van der Waals surface area contributed by atoms with Gasteiger partial charge < -0.3 is 14.8 Å². The SMILES string of the molecule is FC(F)Oc1ccccc1CNC1COc2ccccc21. The zero-order valence-electron chi connectivity index (χ0n) is 11.3. The van der Waals surface area contributed by atoms with Crippen LogP contribution in [0.2, 0.25) is 0 Å². The van der Waals surface area contributed by atoms with Gasteiger partial charge in [0.1, 0.15) is 18.1 Å². The lowest BCUT2D eigenvalue weighted by atomic mass is 10.1. The fourth-order valence-electron chi connectivity index (χ4n) is 2.43. The molecule has 21 heavy (non-hydrogen) atoms. The first-order valence-electron chi connectivity index (χ1n) is 6.72. The molecule has 3 nitrogen and oxygen atoms in total. The Bertz CT molecular complexity index is 619. The number of hydrogen-bond donors (Lipinski definition) is 1. The summed E-state index contributed by atoms with van der Waals surface area (Å²) in [6.45, 7) is -1.84. The second kappa shape index (κ2) is 6.10. The molecule has 1 N–H and O–H groups in total. The van der Waals surface area contributed by atoms with E-state index in [2.05, 4.69) is 10.1 Å². The topological polar surface area (TPSA) is 30.5 Å². The molecule has 0 spiro atoms. The molecule has 3 rings (SSSR count). The van der Waals surface area contributed by atoms with Gasteiger partial charge in [-0.1, -0.05) is 36.4 Å². The summed E-state index contributed by atoms with van der Waals surface area (Å²) in [7, 11) is 0. The fraction of sp³-hybridized carbons (Fsp3) is 0.250. The van der Waals surface area contributed by atoms with Crippen molar-refractivity contribution in [2.75, 3.05) is 6.61 Å². The van der Waals surface area contributed by atoms with Crippen LogP contribution in [0.3, 0.4) is 0 Å². The number of nitrogens with one attached hydrogen (secondary N) is 1. The molecule has 0 amide bonds. The second-order valence-electron chi connectivity index (χ2n) is 4.77. The smallest absolute Gasteiger partial charge is 0.387 e. The lowest BCUT2D eigenvalue weighted by Crippen LogP contribution is -2.22. The van der Waals surface area contributed by atoms with Crippen LogP contribution in [0.25, 0.3) is 0 Å². The molecule has 1 unspecified atom stereocenters. The molecule has 5 heteroatoms. The van der Waals surface area contributed by atoms with Crippen molar-refractivity contribution in [3.8, 4) is 11.5 Å². The lowest BCUT2D eigenvalue weighted by molar-refractivity contribution is -0.0505. The van der Waals surface area contributed by atoms with Crippen LogP contribution in [0.1, 0.15) is 17.2 Å². The first-order valence-corrected chi connectivity index (χ1v) is 6.72. The Morgan fingerprint density at radius 1 is 1.14 bits per heavy atom. The molecule has 0 saturated carbocycles. The number of hydrogen-bond acceptors (Lipinski definition) is 3. The number of benzene rings is 2. The zero-order chi connectivity index (χ0) is 14.7. The molecule has 0 saturated heterocycles. The van der Waals surface area contributed by atoms with Crippen molar-refractivity contribution < 1.29 is 18.3 Å². The van der Waals surface area contributed by atoms with E-state index in [1.807, 2.05) is 24.3 Å². The first-order chi connectivity index (χ1) is 10.2. The van der Waals surface area contributed by atoms with Gasteiger partial charge in [-0.05, 0) is 12.1 Å². The molecule has 110 valence electrons. The lowest BCUT2D eigenvalue weighted by Gasteiger charge is -2.14. The normalized spacial score (nSPS) is 16.6. The summed E-state index contributed by atoms with van der Waals surface area (Å²) in [4.78, 5) is 0. The number of alkyl halides is 2. The first kappa shape index (κ1) is 13.8. The van der Waals surface area contributed by atoms with Gasteiger partial charge in [-0.2, -0.15) is 8.78 Å². The van der Waals surface area contributed by atoms with Crippen molar-refractivity contribution in [3.05, 3.63) is 59.7 Å². The zero-order valence-corrected chi connectivity index (χ0v) is 11.3. The third kappa shape index (κ3) is 3.13. The maximum atomic E-state index is 12.4. The van der Waals surface area contributed by atoms with Gasteiger partial charge in [0.2, 0.25) is 0 Å². The summed E-state index contributed by atoms with van der Waals surface area (Å²) in [5.74, 6) is 1.07. The minimum atomic E-state index is -2.82. The predicted octanol–water partition coefficient (Wildman–Crippen LogP) is 3.51. The third-order valence-electron chi connectivity index (χ3n) is 3.43. The van der Waals surface area contributed by atoms with Crippen molar-refractivity contribution in [2.24, 2.45) is 0 Å². The van der Waals surface area contributed by atoms with E-state index in [-0.39, 0.29) is 11.8 Å². The van der Waals surface area contributed by atoms with E-state index in [1.165, 1.54) is 0 Å². The molecule has 0 aromatic heterocycles. The Morgan fingerprint density at radius 2 is 1.90 bits per heavy atom. The van der Waals surface area contributed by atoms with Crippen molar-refractivity contribution in [2.45, 2.75) is 19.2 Å². The molecule has 2 aromatic rings. The average Bonchev–Trinajstić information content (AvgIpc) is 2.89. The highest BCUT2D eigenvalue weighted by Gasteiger charge is 2.23. The van der Waals surface area contributed by atoms with Crippen molar-refractivity contribution >= 4 is 0 Å². The molecule has 1 aliphatic heterocycles. The van der Waals surface area contributed by atoms with Crippen LogP contribution in [0.5, 0.6) is 11.5 Å². The van der Waals surface area contributed by atoms with Gasteiger partial charge in [0.05, 0.1) is 6.04 Å². The molecule has 1 atom stereocenters. The standard InChI is InChI=1S/C16H15F2NO2/c17-16(18)21-14-7-3-1-5-11(14)9-19-13-10-20-15-8-4-2-6-12(13)15/h1-8,13,16,19H,9-10H2. The summed E-state index contributed by atoms with van der Waals surface area (Å²) in [6.07, 6.45) is 0. The van der Waals surface area contributed by atoms with Gasteiger partial charge in [-0.25, -0.2) is 0 Å². The van der Waals surface area contributed by atoms with Gasteiger partial charge in [-0.15, -0.1) is 0 Å². The Morgan fingerprint density at radius 3 is 2.76 bits per heavy atom. The van der Waals surface area contributed by atoms with E-state index >= 15 is 0 Å². The highest BCUT2D eigenvalue weighted by atomic mass is 19.3. The number of fused-ring (bicyclic) bond motifs is 1. The summed E-state index contributed by atoms with van der Waals surface area (Å²) in [5.41, 5.74) is 1.78. The molecule has 0 fully saturated rings. The molecular weight excluding hydrogens is 276 g/mol. The molecule has 0 radical (unpaired) electrons. The molecule has 0 aliphatic carbocycles. The number of para-hydroxylation sites is 2. The summed E-state index contributed by atoms with van der Waals surface area (Å²) in [5, 5.41) is 3.32. The van der Waals surface area contributed by atoms with Gasteiger partial charge in [0.25, 0.3) is 0 Å². The van der Waals surface area contributed by atoms with E-state index in [0.717, 1.165) is 11.3 Å². The van der Waals surface area contributed by atoms with E-state index < -0.39 is 6.61 Å². The molecule has 0 bridgehead atoms. The molecular formula is C16H15F2NO2. The number of halogens is 2. The Kier molecular flexibility index (Phi) is 4.01. The van der Waals surface area contributed by atoms with Gasteiger partial charge in [0, 0.05) is 17.7 Å². The summed E-state index contributed by atoms with van der Waals surface area (Å²) >= 11 is 0. The summed E-state index contributed by atoms with van der Waals surface area (Å²) in [6, 6.07) is 14.6. The number of ether oxygens (including phenoxy) is 2. The highest BCUT2D eigenvalue weighted by molar-refractivity contribution is 5.39. The molecule has 2 aromatic carbocycles. The maximum absolute atomic E-state index is 12.4. The van der Waals surface area contributed by atoms with Gasteiger partial charge >= 0.3 is 6.61 Å². The van der Waals surface area contributed by atoms with Crippen LogP contribution in [-0.4, -0.2) is 13.2 Å². The van der Waals surface area contributed by atoms with Crippen LogP contribution in [0, 0.1) is 0 Å². The van der Waals surface area contributed by atoms with Gasteiger partial charge in [-0.3, -0.25) is 0 Å². The second-order valence-corrected chi connectivity index (χ2v) is 4.77. The molecule has 1 heterocycles. The summed E-state index contributed by atoms with van der Waals surface area (Å²) < 4.78 is 34.9. The Hall–Kier alpha value is -2.14. The highest BCUT2D eigenvalue weighted by Crippen LogP contribution is 2.32. The largest absolute Gasteiger partial charge is 0.491 e. The monoisotopic (exact) mass is 291 g/mol. The van der Waals surface area contributed by atoms with Crippen molar-refractivity contribution in [3.63, 3.8) is 0 Å².